The number of hydrogen-bond acceptors (Lipinski definition) is 5. The Morgan fingerprint density at radius 1 is 1.14 bits per heavy atom. The van der Waals surface area contributed by atoms with Crippen molar-refractivity contribution in [3.63, 3.8) is 0 Å². The molecule has 0 bridgehead atoms. The largest absolute Gasteiger partial charge is 0.384 e. The van der Waals surface area contributed by atoms with Crippen molar-refractivity contribution in [1.82, 2.24) is 19.5 Å². The van der Waals surface area contributed by atoms with Gasteiger partial charge in [-0.2, -0.15) is 0 Å². The van der Waals surface area contributed by atoms with E-state index in [1.54, 1.807) is 6.33 Å². The minimum Gasteiger partial charge on any atom is -0.384 e. The van der Waals surface area contributed by atoms with Crippen molar-refractivity contribution in [2.24, 2.45) is 0 Å². The summed E-state index contributed by atoms with van der Waals surface area (Å²) in [6.45, 7) is 2.01. The number of aryl methyl sites for hydroxylation is 2. The highest BCUT2D eigenvalue weighted by Crippen LogP contribution is 2.33. The van der Waals surface area contributed by atoms with E-state index in [9.17, 15) is 0 Å². The average Bonchev–Trinajstić information content (AvgIpc) is 3.33. The van der Waals surface area contributed by atoms with E-state index in [1.165, 1.54) is 5.56 Å². The van der Waals surface area contributed by atoms with Crippen molar-refractivity contribution in [2.75, 3.05) is 5.73 Å². The first kappa shape index (κ1) is 17.1. The van der Waals surface area contributed by atoms with Crippen molar-refractivity contribution in [2.45, 2.75) is 44.9 Å². The van der Waals surface area contributed by atoms with Gasteiger partial charge in [-0.1, -0.05) is 12.1 Å². The minimum atomic E-state index is 0.0508. The van der Waals surface area contributed by atoms with Crippen molar-refractivity contribution >= 4 is 27.8 Å². The number of hydrogen-bond donors (Lipinski definition) is 1. The summed E-state index contributed by atoms with van der Waals surface area (Å²) in [6.07, 6.45) is 8.04. The van der Waals surface area contributed by atoms with Crippen molar-refractivity contribution in [1.29, 1.82) is 0 Å². The summed E-state index contributed by atoms with van der Waals surface area (Å²) >= 11 is 0. The summed E-state index contributed by atoms with van der Waals surface area (Å²) < 4.78 is 8.49. The van der Waals surface area contributed by atoms with Gasteiger partial charge in [-0.05, 0) is 62.4 Å². The van der Waals surface area contributed by atoms with E-state index in [0.29, 0.717) is 5.82 Å². The summed E-state index contributed by atoms with van der Waals surface area (Å²) in [5.74, 6) is 0.560. The third-order valence-corrected chi connectivity index (χ3v) is 5.64. The topological polar surface area (TPSA) is 78.9 Å². The SMILES string of the molecule is Cc1ncnc2c1ccn2C1CCC(CCc2ccc3ccc(N)nc3c2)O1. The van der Waals surface area contributed by atoms with Crippen molar-refractivity contribution in [3.05, 3.63) is 60.2 Å². The maximum absolute atomic E-state index is 6.35. The minimum absolute atomic E-state index is 0.0508. The molecule has 0 spiro atoms. The van der Waals surface area contributed by atoms with E-state index < -0.39 is 0 Å². The number of ether oxygens (including phenoxy) is 1. The lowest BCUT2D eigenvalue weighted by Crippen LogP contribution is -2.12. The van der Waals surface area contributed by atoms with Gasteiger partial charge in [0.15, 0.2) is 0 Å². The molecule has 1 fully saturated rings. The number of rotatable bonds is 4. The highest BCUT2D eigenvalue weighted by Gasteiger charge is 2.27. The molecule has 1 saturated heterocycles. The molecule has 1 aromatic carbocycles. The quantitative estimate of drug-likeness (QED) is 0.580. The van der Waals surface area contributed by atoms with Crippen LogP contribution < -0.4 is 5.73 Å². The van der Waals surface area contributed by atoms with Crippen LogP contribution in [-0.4, -0.2) is 25.6 Å². The number of aromatic nitrogens is 4. The number of nitrogen functional groups attached to an aromatic ring is 1. The first-order chi connectivity index (χ1) is 13.7. The Morgan fingerprint density at radius 2 is 2.04 bits per heavy atom. The fourth-order valence-electron chi connectivity index (χ4n) is 4.10. The molecule has 5 rings (SSSR count). The fourth-order valence-corrected chi connectivity index (χ4v) is 4.10. The number of nitrogens with zero attached hydrogens (tertiary/aromatic N) is 4. The Hall–Kier alpha value is -2.99. The number of anilines is 1. The first-order valence-electron chi connectivity index (χ1n) is 9.76. The summed E-state index contributed by atoms with van der Waals surface area (Å²) in [6, 6.07) is 12.4. The van der Waals surface area contributed by atoms with E-state index in [4.69, 9.17) is 10.5 Å². The zero-order chi connectivity index (χ0) is 19.1. The van der Waals surface area contributed by atoms with Gasteiger partial charge in [-0.25, -0.2) is 15.0 Å². The Kier molecular flexibility index (Phi) is 4.20. The Labute approximate surface area is 163 Å². The van der Waals surface area contributed by atoms with Crippen molar-refractivity contribution in [3.8, 4) is 0 Å². The van der Waals surface area contributed by atoms with E-state index in [-0.39, 0.29) is 12.3 Å². The standard InChI is InChI=1S/C22H23N5O/c1-14-18-10-11-27(22(18)25-13-24-14)21-9-7-17(28-21)6-3-15-2-4-16-5-8-20(23)26-19(16)12-15/h2,4-5,8,10-13,17,21H,3,6-7,9H2,1H3,(H2,23,26). The zero-order valence-electron chi connectivity index (χ0n) is 15.9. The monoisotopic (exact) mass is 373 g/mol. The van der Waals surface area contributed by atoms with Crippen LogP contribution in [0.1, 0.15) is 36.7 Å². The lowest BCUT2D eigenvalue weighted by molar-refractivity contribution is 0.00119. The smallest absolute Gasteiger partial charge is 0.145 e. The third-order valence-electron chi connectivity index (χ3n) is 5.64. The highest BCUT2D eigenvalue weighted by atomic mass is 16.5. The lowest BCUT2D eigenvalue weighted by atomic mass is 10.0. The lowest BCUT2D eigenvalue weighted by Gasteiger charge is -2.16. The Bertz CT molecular complexity index is 1150. The second-order valence-corrected chi connectivity index (χ2v) is 7.51. The van der Waals surface area contributed by atoms with Crippen LogP contribution in [0.15, 0.2) is 48.9 Å². The van der Waals surface area contributed by atoms with Crippen molar-refractivity contribution < 1.29 is 4.74 Å². The van der Waals surface area contributed by atoms with E-state index in [0.717, 1.165) is 53.3 Å². The predicted molar refractivity (Wildman–Crippen MR) is 110 cm³/mol. The molecule has 0 radical (unpaired) electrons. The Morgan fingerprint density at radius 3 is 2.96 bits per heavy atom. The summed E-state index contributed by atoms with van der Waals surface area (Å²) in [5, 5.41) is 2.21. The highest BCUT2D eigenvalue weighted by molar-refractivity contribution is 5.80. The Balaban J connectivity index is 1.27. The number of nitrogens with two attached hydrogens (primary N) is 1. The van der Waals surface area contributed by atoms with Crippen LogP contribution in [0, 0.1) is 6.92 Å². The second kappa shape index (κ2) is 6.87. The van der Waals surface area contributed by atoms with Crippen LogP contribution in [0.4, 0.5) is 5.82 Å². The molecule has 0 amide bonds. The maximum atomic E-state index is 6.35. The molecule has 2 N–H and O–H groups in total. The molecule has 4 heterocycles. The molecular formula is C22H23N5O. The van der Waals surface area contributed by atoms with Gasteiger partial charge in [0, 0.05) is 17.0 Å². The first-order valence-corrected chi connectivity index (χ1v) is 9.76. The van der Waals surface area contributed by atoms with Crippen LogP contribution in [0.3, 0.4) is 0 Å². The summed E-state index contributed by atoms with van der Waals surface area (Å²) in [5.41, 5.74) is 10.00. The maximum Gasteiger partial charge on any atom is 0.145 e. The molecule has 0 aliphatic carbocycles. The van der Waals surface area contributed by atoms with Crippen LogP contribution in [0.5, 0.6) is 0 Å². The van der Waals surface area contributed by atoms with Crippen LogP contribution in [0.2, 0.25) is 0 Å². The number of pyridine rings is 1. The molecular weight excluding hydrogens is 350 g/mol. The van der Waals surface area contributed by atoms with Gasteiger partial charge < -0.3 is 15.0 Å². The van der Waals surface area contributed by atoms with E-state index in [2.05, 4.69) is 50.0 Å². The van der Waals surface area contributed by atoms with Crippen LogP contribution >= 0.6 is 0 Å². The zero-order valence-corrected chi connectivity index (χ0v) is 15.9. The molecule has 1 aliphatic rings. The van der Waals surface area contributed by atoms with Gasteiger partial charge in [0.2, 0.25) is 0 Å². The molecule has 0 saturated carbocycles. The second-order valence-electron chi connectivity index (χ2n) is 7.51. The summed E-state index contributed by atoms with van der Waals surface area (Å²) in [7, 11) is 0. The van der Waals surface area contributed by atoms with Gasteiger partial charge in [0.25, 0.3) is 0 Å². The van der Waals surface area contributed by atoms with E-state index >= 15 is 0 Å². The number of fused-ring (bicyclic) bond motifs is 2. The molecule has 2 atom stereocenters. The molecule has 1 aliphatic heterocycles. The van der Waals surface area contributed by atoms with E-state index in [1.807, 2.05) is 19.1 Å². The third kappa shape index (κ3) is 3.10. The van der Waals surface area contributed by atoms with Crippen LogP contribution in [-0.2, 0) is 11.2 Å². The normalized spacial score (nSPS) is 19.6. The molecule has 2 unspecified atom stereocenters. The van der Waals surface area contributed by atoms with Crippen LogP contribution in [0.25, 0.3) is 21.9 Å². The molecule has 6 heteroatoms. The molecule has 28 heavy (non-hydrogen) atoms. The molecule has 4 aromatic rings. The fraction of sp³-hybridized carbons (Fsp3) is 0.318. The molecule has 142 valence electrons. The van der Waals surface area contributed by atoms with Gasteiger partial charge in [-0.3, -0.25) is 0 Å². The average molecular weight is 373 g/mol. The molecule has 3 aromatic heterocycles. The molecule has 6 nitrogen and oxygen atoms in total. The van der Waals surface area contributed by atoms with Gasteiger partial charge >= 0.3 is 0 Å². The van der Waals surface area contributed by atoms with Gasteiger partial charge in [-0.15, -0.1) is 0 Å². The van der Waals surface area contributed by atoms with Gasteiger partial charge in [0.1, 0.15) is 24.0 Å². The number of benzene rings is 1. The van der Waals surface area contributed by atoms with Gasteiger partial charge in [0.05, 0.1) is 17.3 Å². The summed E-state index contributed by atoms with van der Waals surface area (Å²) in [4.78, 5) is 13.2. The predicted octanol–water partition coefficient (Wildman–Crippen LogP) is 4.18.